The molecule has 0 bridgehead atoms. The Morgan fingerprint density at radius 3 is 2.55 bits per heavy atom. The topological polar surface area (TPSA) is 60.2 Å². The predicted molar refractivity (Wildman–Crippen MR) is 120 cm³/mol. The number of rotatable bonds is 5. The van der Waals surface area contributed by atoms with Crippen LogP contribution in [0.4, 0.5) is 0 Å². The van der Waals surface area contributed by atoms with Crippen LogP contribution in [-0.4, -0.2) is 106 Å². The third-order valence-electron chi connectivity index (χ3n) is 7.15. The van der Waals surface area contributed by atoms with Crippen molar-refractivity contribution < 1.29 is 4.79 Å². The molecular weight excluding hydrogens is 390 g/mol. The number of aromatic nitrogens is 3. The van der Waals surface area contributed by atoms with Crippen LogP contribution >= 0.6 is 0 Å². The third kappa shape index (κ3) is 4.33. The van der Waals surface area contributed by atoms with Crippen molar-refractivity contribution in [1.29, 1.82) is 0 Å². The number of hydrogen-bond donors (Lipinski definition) is 0. The number of piperazine rings is 2. The van der Waals surface area contributed by atoms with E-state index >= 15 is 0 Å². The normalized spacial score (nSPS) is 24.4. The summed E-state index contributed by atoms with van der Waals surface area (Å²) in [5, 5.41) is 9.06. The minimum absolute atomic E-state index is 0.106. The van der Waals surface area contributed by atoms with Gasteiger partial charge in [-0.15, -0.1) is 10.2 Å². The van der Waals surface area contributed by atoms with E-state index < -0.39 is 0 Å². The van der Waals surface area contributed by atoms with Crippen LogP contribution in [0.5, 0.6) is 0 Å². The van der Waals surface area contributed by atoms with Crippen LogP contribution in [0.15, 0.2) is 18.3 Å². The first-order valence-electron chi connectivity index (χ1n) is 11.8. The lowest BCUT2D eigenvalue weighted by Crippen LogP contribution is -2.51. The SMILES string of the molecule is CC(C)N1CCN(CC2CC2)C[C@H]1c1nnc2ccc(C(=O)N3CCN(C)CC3)cn12. The first-order valence-corrected chi connectivity index (χ1v) is 11.8. The number of likely N-dealkylation sites (N-methyl/N-ethyl adjacent to an activating group) is 1. The van der Waals surface area contributed by atoms with Crippen molar-refractivity contribution in [2.75, 3.05) is 59.4 Å². The third-order valence-corrected chi connectivity index (χ3v) is 7.15. The highest BCUT2D eigenvalue weighted by atomic mass is 16.2. The zero-order chi connectivity index (χ0) is 21.5. The van der Waals surface area contributed by atoms with Crippen LogP contribution in [0.1, 0.15) is 48.9 Å². The monoisotopic (exact) mass is 425 g/mol. The summed E-state index contributed by atoms with van der Waals surface area (Å²) in [6, 6.07) is 4.46. The van der Waals surface area contributed by atoms with Crippen LogP contribution in [-0.2, 0) is 0 Å². The molecule has 0 unspecified atom stereocenters. The number of carbonyl (C=O) groups is 1. The summed E-state index contributed by atoms with van der Waals surface area (Å²) in [6.45, 7) is 12.3. The van der Waals surface area contributed by atoms with Crippen LogP contribution < -0.4 is 0 Å². The van der Waals surface area contributed by atoms with E-state index in [0.717, 1.165) is 68.8 Å². The molecule has 4 heterocycles. The van der Waals surface area contributed by atoms with Gasteiger partial charge in [0, 0.05) is 64.6 Å². The second kappa shape index (κ2) is 8.48. The maximum atomic E-state index is 13.1. The summed E-state index contributed by atoms with van der Waals surface area (Å²) in [7, 11) is 2.11. The molecule has 1 aliphatic carbocycles. The van der Waals surface area contributed by atoms with Gasteiger partial charge in [0.15, 0.2) is 11.5 Å². The van der Waals surface area contributed by atoms with Crippen LogP contribution in [0, 0.1) is 5.92 Å². The zero-order valence-electron chi connectivity index (χ0n) is 19.1. The number of pyridine rings is 1. The summed E-state index contributed by atoms with van der Waals surface area (Å²) in [5.74, 6) is 1.95. The molecule has 0 N–H and O–H groups in total. The van der Waals surface area contributed by atoms with E-state index in [0.29, 0.717) is 6.04 Å². The summed E-state index contributed by atoms with van der Waals surface area (Å²) >= 11 is 0. The van der Waals surface area contributed by atoms with Gasteiger partial charge in [-0.3, -0.25) is 19.0 Å². The van der Waals surface area contributed by atoms with Gasteiger partial charge in [0.25, 0.3) is 5.91 Å². The molecule has 8 nitrogen and oxygen atoms in total. The van der Waals surface area contributed by atoms with Gasteiger partial charge in [0.1, 0.15) is 0 Å². The molecule has 168 valence electrons. The molecule has 5 rings (SSSR count). The standard InChI is InChI=1S/C23H35N7O/c1-17(2)29-13-10-27(14-18-4-5-18)16-20(29)22-25-24-21-7-6-19(15-30(21)22)23(31)28-11-8-26(3)9-12-28/h6-7,15,17-18,20H,4-5,8-14,16H2,1-3H3/t20-/m0/s1. The average molecular weight is 426 g/mol. The fourth-order valence-corrected chi connectivity index (χ4v) is 4.99. The lowest BCUT2D eigenvalue weighted by molar-refractivity contribution is 0.0437. The number of amides is 1. The molecule has 2 aromatic rings. The van der Waals surface area contributed by atoms with Crippen molar-refractivity contribution in [3.05, 3.63) is 29.7 Å². The van der Waals surface area contributed by atoms with Crippen molar-refractivity contribution in [1.82, 2.24) is 34.2 Å². The maximum absolute atomic E-state index is 13.1. The van der Waals surface area contributed by atoms with Gasteiger partial charge in [0.2, 0.25) is 0 Å². The number of hydrogen-bond acceptors (Lipinski definition) is 6. The molecule has 2 aliphatic heterocycles. The van der Waals surface area contributed by atoms with E-state index in [9.17, 15) is 4.79 Å². The Labute approximate surface area is 184 Å². The van der Waals surface area contributed by atoms with Crippen molar-refractivity contribution in [2.45, 2.75) is 38.8 Å². The Morgan fingerprint density at radius 1 is 1.06 bits per heavy atom. The van der Waals surface area contributed by atoms with E-state index in [4.69, 9.17) is 0 Å². The maximum Gasteiger partial charge on any atom is 0.255 e. The van der Waals surface area contributed by atoms with E-state index in [1.165, 1.54) is 19.4 Å². The van der Waals surface area contributed by atoms with Gasteiger partial charge in [-0.2, -0.15) is 0 Å². The Balaban J connectivity index is 1.42. The molecule has 2 aromatic heterocycles. The Kier molecular flexibility index (Phi) is 5.71. The fraction of sp³-hybridized carbons (Fsp3) is 0.696. The Bertz CT molecular complexity index is 929. The summed E-state index contributed by atoms with van der Waals surface area (Å²) in [6.07, 6.45) is 4.71. The lowest BCUT2D eigenvalue weighted by Gasteiger charge is -2.42. The summed E-state index contributed by atoms with van der Waals surface area (Å²) < 4.78 is 2.06. The smallest absolute Gasteiger partial charge is 0.255 e. The van der Waals surface area contributed by atoms with E-state index in [-0.39, 0.29) is 11.9 Å². The van der Waals surface area contributed by atoms with Gasteiger partial charge >= 0.3 is 0 Å². The summed E-state index contributed by atoms with van der Waals surface area (Å²) in [4.78, 5) is 22.5. The van der Waals surface area contributed by atoms with Crippen molar-refractivity contribution >= 4 is 11.6 Å². The van der Waals surface area contributed by atoms with Gasteiger partial charge in [0.05, 0.1) is 11.6 Å². The first-order chi connectivity index (χ1) is 15.0. The Hall–Kier alpha value is -2.03. The van der Waals surface area contributed by atoms with Crippen molar-refractivity contribution in [3.63, 3.8) is 0 Å². The molecule has 3 fully saturated rings. The van der Waals surface area contributed by atoms with Crippen LogP contribution in [0.2, 0.25) is 0 Å². The number of fused-ring (bicyclic) bond motifs is 1. The molecule has 0 radical (unpaired) electrons. The highest BCUT2D eigenvalue weighted by molar-refractivity contribution is 5.94. The second-order valence-electron chi connectivity index (χ2n) is 9.85. The van der Waals surface area contributed by atoms with Gasteiger partial charge < -0.3 is 9.80 Å². The molecule has 8 heteroatoms. The minimum atomic E-state index is 0.106. The zero-order valence-corrected chi connectivity index (χ0v) is 19.1. The molecular formula is C23H35N7O. The largest absolute Gasteiger partial charge is 0.336 e. The van der Waals surface area contributed by atoms with Gasteiger partial charge in [-0.25, -0.2) is 0 Å². The minimum Gasteiger partial charge on any atom is -0.336 e. The molecule has 1 amide bonds. The number of carbonyl (C=O) groups excluding carboxylic acids is 1. The molecule has 3 aliphatic rings. The molecule has 2 saturated heterocycles. The lowest BCUT2D eigenvalue weighted by atomic mass is 10.1. The highest BCUT2D eigenvalue weighted by Gasteiger charge is 2.35. The quantitative estimate of drug-likeness (QED) is 0.725. The van der Waals surface area contributed by atoms with E-state index in [1.54, 1.807) is 0 Å². The molecule has 0 spiro atoms. The van der Waals surface area contributed by atoms with E-state index in [1.807, 2.05) is 23.2 Å². The second-order valence-corrected chi connectivity index (χ2v) is 9.85. The highest BCUT2D eigenvalue weighted by Crippen LogP contribution is 2.33. The molecule has 1 saturated carbocycles. The van der Waals surface area contributed by atoms with Gasteiger partial charge in [-0.1, -0.05) is 0 Å². The van der Waals surface area contributed by atoms with E-state index in [2.05, 4.69) is 50.2 Å². The predicted octanol–water partition coefficient (Wildman–Crippen LogP) is 1.59. The molecule has 1 atom stereocenters. The summed E-state index contributed by atoms with van der Waals surface area (Å²) in [5.41, 5.74) is 1.53. The average Bonchev–Trinajstić information content (AvgIpc) is 3.48. The fourth-order valence-electron chi connectivity index (χ4n) is 4.99. The van der Waals surface area contributed by atoms with Crippen LogP contribution in [0.3, 0.4) is 0 Å². The van der Waals surface area contributed by atoms with Crippen LogP contribution in [0.25, 0.3) is 5.65 Å². The molecule has 31 heavy (non-hydrogen) atoms. The van der Waals surface area contributed by atoms with Gasteiger partial charge in [-0.05, 0) is 51.8 Å². The van der Waals surface area contributed by atoms with Crippen molar-refractivity contribution in [2.24, 2.45) is 5.92 Å². The van der Waals surface area contributed by atoms with Crippen molar-refractivity contribution in [3.8, 4) is 0 Å². The number of nitrogens with zero attached hydrogens (tertiary/aromatic N) is 7. The Morgan fingerprint density at radius 2 is 1.84 bits per heavy atom. The first kappa shape index (κ1) is 20.8. The molecule has 0 aromatic carbocycles.